The number of nitrogen functional groups attached to an aromatic ring is 1. The number of nitrogens with two attached hydrogens (primary N) is 1. The van der Waals surface area contributed by atoms with Crippen LogP contribution in [0.25, 0.3) is 10.2 Å². The van der Waals surface area contributed by atoms with Gasteiger partial charge in [0.1, 0.15) is 10.6 Å². The van der Waals surface area contributed by atoms with Crippen molar-refractivity contribution in [1.82, 2.24) is 9.97 Å². The number of hydrogen-bond acceptors (Lipinski definition) is 5. The van der Waals surface area contributed by atoms with Crippen molar-refractivity contribution < 1.29 is 0 Å². The van der Waals surface area contributed by atoms with Crippen LogP contribution in [0.2, 0.25) is 0 Å². The summed E-state index contributed by atoms with van der Waals surface area (Å²) in [4.78, 5) is 10.9. The monoisotopic (exact) mass is 362 g/mol. The first kappa shape index (κ1) is 14.3. The molecule has 3 rings (SSSR count). The summed E-state index contributed by atoms with van der Waals surface area (Å²) in [5.41, 5.74) is 7.97. The quantitative estimate of drug-likeness (QED) is 0.711. The summed E-state index contributed by atoms with van der Waals surface area (Å²) < 4.78 is 1.03. The Bertz CT molecular complexity index is 813. The number of halogens is 1. The van der Waals surface area contributed by atoms with Crippen LogP contribution in [0.3, 0.4) is 0 Å². The smallest absolute Gasteiger partial charge is 0.223 e. The topological polar surface area (TPSA) is 63.8 Å². The van der Waals surface area contributed by atoms with Gasteiger partial charge in [-0.3, -0.25) is 0 Å². The zero-order valence-corrected chi connectivity index (χ0v) is 14.2. The van der Waals surface area contributed by atoms with Gasteiger partial charge in [0, 0.05) is 9.35 Å². The second-order valence-electron chi connectivity index (χ2n) is 4.78. The Morgan fingerprint density at radius 3 is 2.90 bits per heavy atom. The molecule has 0 saturated heterocycles. The lowest BCUT2D eigenvalue weighted by atomic mass is 10.2. The zero-order valence-electron chi connectivity index (χ0n) is 11.8. The highest BCUT2D eigenvalue weighted by atomic mass is 79.9. The summed E-state index contributed by atoms with van der Waals surface area (Å²) in [6.45, 7) is 4.19. The lowest BCUT2D eigenvalue weighted by Crippen LogP contribution is -2.00. The third kappa shape index (κ3) is 2.73. The fourth-order valence-electron chi connectivity index (χ4n) is 2.13. The largest absolute Gasteiger partial charge is 0.368 e. The van der Waals surface area contributed by atoms with E-state index in [0.717, 1.165) is 38.2 Å². The number of nitrogens with one attached hydrogen (secondary N) is 1. The van der Waals surface area contributed by atoms with Crippen LogP contribution in [0, 0.1) is 6.92 Å². The number of aromatic nitrogens is 2. The van der Waals surface area contributed by atoms with Crippen LogP contribution in [-0.4, -0.2) is 9.97 Å². The molecule has 108 valence electrons. The van der Waals surface area contributed by atoms with Crippen molar-refractivity contribution in [2.45, 2.75) is 20.3 Å². The van der Waals surface area contributed by atoms with E-state index in [1.165, 1.54) is 4.88 Å². The summed E-state index contributed by atoms with van der Waals surface area (Å²) in [7, 11) is 0. The molecule has 1 aromatic carbocycles. The highest BCUT2D eigenvalue weighted by Gasteiger charge is 2.12. The van der Waals surface area contributed by atoms with E-state index in [0.29, 0.717) is 5.95 Å². The van der Waals surface area contributed by atoms with Crippen LogP contribution in [0.1, 0.15) is 17.4 Å². The fraction of sp³-hybridized carbons (Fsp3) is 0.200. The maximum absolute atomic E-state index is 5.83. The van der Waals surface area contributed by atoms with Crippen molar-refractivity contribution in [2.24, 2.45) is 0 Å². The van der Waals surface area contributed by atoms with Crippen molar-refractivity contribution in [3.05, 3.63) is 39.2 Å². The Morgan fingerprint density at radius 2 is 2.14 bits per heavy atom. The number of anilines is 3. The van der Waals surface area contributed by atoms with Gasteiger partial charge in [-0.2, -0.15) is 4.98 Å². The molecule has 4 nitrogen and oxygen atoms in total. The first-order valence-corrected chi connectivity index (χ1v) is 8.27. The van der Waals surface area contributed by atoms with Crippen molar-refractivity contribution in [3.63, 3.8) is 0 Å². The van der Waals surface area contributed by atoms with E-state index < -0.39 is 0 Å². The van der Waals surface area contributed by atoms with Gasteiger partial charge in [-0.15, -0.1) is 11.3 Å². The molecule has 0 radical (unpaired) electrons. The highest BCUT2D eigenvalue weighted by molar-refractivity contribution is 9.10. The SMILES string of the molecule is CCc1cc2c(Nc3cccc(C)c3Br)nc(N)nc2s1. The molecule has 0 fully saturated rings. The second-order valence-corrected chi connectivity index (χ2v) is 6.69. The van der Waals surface area contributed by atoms with E-state index in [9.17, 15) is 0 Å². The summed E-state index contributed by atoms with van der Waals surface area (Å²) in [5.74, 6) is 1.04. The Labute approximate surface area is 135 Å². The number of aryl methyl sites for hydroxylation is 2. The normalized spacial score (nSPS) is 11.0. The van der Waals surface area contributed by atoms with Crippen LogP contribution in [0.4, 0.5) is 17.5 Å². The molecule has 0 aliphatic rings. The Kier molecular flexibility index (Phi) is 3.82. The molecule has 0 aliphatic carbocycles. The Hall–Kier alpha value is -1.66. The van der Waals surface area contributed by atoms with Crippen molar-refractivity contribution >= 4 is 54.9 Å². The van der Waals surface area contributed by atoms with E-state index in [1.807, 2.05) is 12.1 Å². The molecular weight excluding hydrogens is 348 g/mol. The Morgan fingerprint density at radius 1 is 1.33 bits per heavy atom. The second kappa shape index (κ2) is 5.61. The minimum atomic E-state index is 0.290. The lowest BCUT2D eigenvalue weighted by molar-refractivity contribution is 1.19. The van der Waals surface area contributed by atoms with E-state index >= 15 is 0 Å². The van der Waals surface area contributed by atoms with Gasteiger partial charge in [0.05, 0.1) is 11.1 Å². The highest BCUT2D eigenvalue weighted by Crippen LogP contribution is 2.34. The molecule has 0 bridgehead atoms. The molecule has 0 spiro atoms. The number of fused-ring (bicyclic) bond motifs is 1. The number of rotatable bonds is 3. The average molecular weight is 363 g/mol. The van der Waals surface area contributed by atoms with Crippen molar-refractivity contribution in [1.29, 1.82) is 0 Å². The van der Waals surface area contributed by atoms with Crippen LogP contribution in [-0.2, 0) is 6.42 Å². The first-order chi connectivity index (χ1) is 10.1. The molecule has 0 unspecified atom stereocenters. The number of benzene rings is 1. The number of hydrogen-bond donors (Lipinski definition) is 2. The summed E-state index contributed by atoms with van der Waals surface area (Å²) in [5, 5.41) is 4.38. The lowest BCUT2D eigenvalue weighted by Gasteiger charge is -2.10. The summed E-state index contributed by atoms with van der Waals surface area (Å²) in [6.07, 6.45) is 0.981. The molecule has 0 aliphatic heterocycles. The van der Waals surface area contributed by atoms with Crippen molar-refractivity contribution in [2.75, 3.05) is 11.1 Å². The minimum absolute atomic E-state index is 0.290. The molecule has 21 heavy (non-hydrogen) atoms. The third-order valence-electron chi connectivity index (χ3n) is 3.25. The summed E-state index contributed by atoms with van der Waals surface area (Å²) in [6, 6.07) is 8.20. The maximum Gasteiger partial charge on any atom is 0.223 e. The van der Waals surface area contributed by atoms with Crippen LogP contribution in [0.5, 0.6) is 0 Å². The van der Waals surface area contributed by atoms with Crippen LogP contribution in [0.15, 0.2) is 28.7 Å². The molecule has 2 aromatic heterocycles. The summed E-state index contributed by atoms with van der Waals surface area (Å²) >= 11 is 5.27. The predicted octanol–water partition coefficient (Wildman–Crippen LogP) is 4.65. The van der Waals surface area contributed by atoms with Crippen LogP contribution < -0.4 is 11.1 Å². The van der Waals surface area contributed by atoms with Crippen LogP contribution >= 0.6 is 27.3 Å². The molecule has 6 heteroatoms. The van der Waals surface area contributed by atoms with E-state index in [1.54, 1.807) is 11.3 Å². The van der Waals surface area contributed by atoms with Gasteiger partial charge < -0.3 is 11.1 Å². The molecule has 0 amide bonds. The van der Waals surface area contributed by atoms with Gasteiger partial charge >= 0.3 is 0 Å². The van der Waals surface area contributed by atoms with E-state index in [4.69, 9.17) is 5.73 Å². The van der Waals surface area contributed by atoms with Gasteiger partial charge in [-0.05, 0) is 47.0 Å². The number of thiophene rings is 1. The minimum Gasteiger partial charge on any atom is -0.368 e. The molecule has 0 atom stereocenters. The van der Waals surface area contributed by atoms with Crippen molar-refractivity contribution in [3.8, 4) is 0 Å². The predicted molar refractivity (Wildman–Crippen MR) is 93.4 cm³/mol. The zero-order chi connectivity index (χ0) is 15.0. The Balaban J connectivity index is 2.11. The van der Waals surface area contributed by atoms with Gasteiger partial charge in [0.25, 0.3) is 0 Å². The molecule has 3 N–H and O–H groups in total. The average Bonchev–Trinajstić information content (AvgIpc) is 2.87. The molecule has 2 heterocycles. The molecule has 3 aromatic rings. The van der Waals surface area contributed by atoms with Gasteiger partial charge in [-0.1, -0.05) is 19.1 Å². The maximum atomic E-state index is 5.83. The number of nitrogens with zero attached hydrogens (tertiary/aromatic N) is 2. The van der Waals surface area contributed by atoms with Gasteiger partial charge in [0.15, 0.2) is 0 Å². The molecular formula is C15H15BrN4S. The molecule has 0 saturated carbocycles. The standard InChI is InChI=1S/C15H15BrN4S/c1-3-9-7-10-13(19-15(17)20-14(10)21-9)18-11-6-4-5-8(2)12(11)16/h4-7H,3H2,1-2H3,(H3,17,18,19,20). The fourth-order valence-corrected chi connectivity index (χ4v) is 3.47. The van der Waals surface area contributed by atoms with Gasteiger partial charge in [-0.25, -0.2) is 4.98 Å². The third-order valence-corrected chi connectivity index (χ3v) is 5.48. The van der Waals surface area contributed by atoms with Gasteiger partial charge in [0.2, 0.25) is 5.95 Å². The van der Waals surface area contributed by atoms with E-state index in [-0.39, 0.29) is 0 Å². The van der Waals surface area contributed by atoms with E-state index in [2.05, 4.69) is 57.2 Å². The first-order valence-electron chi connectivity index (χ1n) is 6.66.